The van der Waals surface area contributed by atoms with Gasteiger partial charge in [0.15, 0.2) is 5.76 Å². The van der Waals surface area contributed by atoms with Gasteiger partial charge in [-0.05, 0) is 57.2 Å². The van der Waals surface area contributed by atoms with E-state index in [-0.39, 0.29) is 11.8 Å². The van der Waals surface area contributed by atoms with Crippen LogP contribution in [0, 0.1) is 0 Å². The zero-order valence-electron chi connectivity index (χ0n) is 14.1. The van der Waals surface area contributed by atoms with E-state index < -0.39 is 0 Å². The van der Waals surface area contributed by atoms with Crippen LogP contribution in [0.25, 0.3) is 11.0 Å². The van der Waals surface area contributed by atoms with Gasteiger partial charge in [-0.3, -0.25) is 4.79 Å². The van der Waals surface area contributed by atoms with E-state index in [9.17, 15) is 4.79 Å². The van der Waals surface area contributed by atoms with Crippen LogP contribution in [-0.2, 0) is 0 Å². The number of nitrogens with one attached hydrogen (secondary N) is 1. The lowest BCUT2D eigenvalue weighted by molar-refractivity contribution is 0.101. The molecule has 0 aliphatic carbocycles. The van der Waals surface area contributed by atoms with Crippen molar-refractivity contribution < 1.29 is 13.9 Å². The highest BCUT2D eigenvalue weighted by Gasteiger charge is 2.22. The largest absolute Gasteiger partial charge is 0.494 e. The molecule has 0 amide bonds. The smallest absolute Gasteiger partial charge is 0.230 e. The number of fused-ring (bicyclic) bond motifs is 1. The Morgan fingerprint density at radius 2 is 1.83 bits per heavy atom. The maximum Gasteiger partial charge on any atom is 0.230 e. The summed E-state index contributed by atoms with van der Waals surface area (Å²) in [4.78, 5) is 12.9. The number of furan rings is 1. The molecule has 0 atom stereocenters. The number of hydrogen-bond acceptors (Lipinski definition) is 4. The van der Waals surface area contributed by atoms with Crippen molar-refractivity contribution in [3.8, 4) is 5.75 Å². The molecule has 1 heterocycles. The summed E-state index contributed by atoms with van der Waals surface area (Å²) in [7, 11) is 0. The molecule has 0 fully saturated rings. The molecule has 0 spiro atoms. The van der Waals surface area contributed by atoms with Crippen LogP contribution >= 0.6 is 0 Å². The van der Waals surface area contributed by atoms with Crippen molar-refractivity contribution in [2.75, 3.05) is 11.9 Å². The Morgan fingerprint density at radius 3 is 2.50 bits per heavy atom. The Kier molecular flexibility index (Phi) is 4.56. The van der Waals surface area contributed by atoms with Gasteiger partial charge in [-0.15, -0.1) is 0 Å². The molecule has 0 bridgehead atoms. The fourth-order valence-electron chi connectivity index (χ4n) is 2.64. The van der Waals surface area contributed by atoms with Crippen molar-refractivity contribution in [1.29, 1.82) is 0 Å². The van der Waals surface area contributed by atoms with Gasteiger partial charge in [0.1, 0.15) is 11.3 Å². The summed E-state index contributed by atoms with van der Waals surface area (Å²) in [6, 6.07) is 15.0. The third kappa shape index (κ3) is 3.13. The molecule has 0 unspecified atom stereocenters. The molecular weight excluding hydrogens is 302 g/mol. The van der Waals surface area contributed by atoms with Gasteiger partial charge < -0.3 is 14.5 Å². The van der Waals surface area contributed by atoms with Crippen LogP contribution in [0.15, 0.2) is 52.9 Å². The molecule has 1 aromatic heterocycles. The molecule has 4 nitrogen and oxygen atoms in total. The number of ether oxygens (including phenoxy) is 1. The second-order valence-corrected chi connectivity index (χ2v) is 5.89. The van der Waals surface area contributed by atoms with Crippen molar-refractivity contribution in [2.24, 2.45) is 0 Å². The average molecular weight is 323 g/mol. The molecular formula is C20H21NO3. The molecule has 0 radical (unpaired) electrons. The zero-order chi connectivity index (χ0) is 17.1. The third-order valence-corrected chi connectivity index (χ3v) is 3.66. The number of carbonyl (C=O) groups is 1. The van der Waals surface area contributed by atoms with Crippen molar-refractivity contribution in [3.05, 3.63) is 59.9 Å². The Hall–Kier alpha value is -2.75. The number of rotatable bonds is 6. The van der Waals surface area contributed by atoms with Crippen molar-refractivity contribution >= 4 is 22.4 Å². The highest BCUT2D eigenvalue weighted by molar-refractivity contribution is 6.14. The lowest BCUT2D eigenvalue weighted by Gasteiger charge is -2.10. The first-order chi connectivity index (χ1) is 11.6. The Morgan fingerprint density at radius 1 is 1.12 bits per heavy atom. The van der Waals surface area contributed by atoms with Gasteiger partial charge >= 0.3 is 0 Å². The van der Waals surface area contributed by atoms with Crippen molar-refractivity contribution in [3.63, 3.8) is 0 Å². The normalized spacial score (nSPS) is 11.0. The molecule has 24 heavy (non-hydrogen) atoms. The van der Waals surface area contributed by atoms with Crippen molar-refractivity contribution in [2.45, 2.75) is 26.8 Å². The van der Waals surface area contributed by atoms with Gasteiger partial charge in [-0.2, -0.15) is 0 Å². The topological polar surface area (TPSA) is 51.5 Å². The molecule has 124 valence electrons. The summed E-state index contributed by atoms with van der Waals surface area (Å²) < 4.78 is 11.3. The average Bonchev–Trinajstić information content (AvgIpc) is 2.93. The predicted molar refractivity (Wildman–Crippen MR) is 96.0 cm³/mol. The Labute approximate surface area is 141 Å². The summed E-state index contributed by atoms with van der Waals surface area (Å²) in [6.07, 6.45) is 0. The summed E-state index contributed by atoms with van der Waals surface area (Å²) >= 11 is 0. The molecule has 2 aromatic carbocycles. The number of para-hydroxylation sites is 1. The summed E-state index contributed by atoms with van der Waals surface area (Å²) in [5, 5.41) is 4.26. The van der Waals surface area contributed by atoms with Crippen LogP contribution in [0.2, 0.25) is 0 Å². The summed E-state index contributed by atoms with van der Waals surface area (Å²) in [5.74, 6) is 0.950. The lowest BCUT2D eigenvalue weighted by Crippen LogP contribution is -2.12. The van der Waals surface area contributed by atoms with E-state index in [0.29, 0.717) is 23.5 Å². The maximum atomic E-state index is 12.9. The molecule has 3 aromatic rings. The van der Waals surface area contributed by atoms with Gasteiger partial charge in [0, 0.05) is 17.0 Å². The molecule has 3 rings (SSSR count). The van der Waals surface area contributed by atoms with Gasteiger partial charge in [-0.25, -0.2) is 0 Å². The number of ketones is 1. The first kappa shape index (κ1) is 16.1. The van der Waals surface area contributed by atoms with E-state index in [1.807, 2.05) is 45.0 Å². The first-order valence-corrected chi connectivity index (χ1v) is 8.15. The maximum absolute atomic E-state index is 12.9. The Balaban J connectivity index is 2.02. The quantitative estimate of drug-likeness (QED) is 0.657. The molecule has 0 aliphatic rings. The highest BCUT2D eigenvalue weighted by atomic mass is 16.5. The fraction of sp³-hybridized carbons (Fsp3) is 0.250. The van der Waals surface area contributed by atoms with E-state index >= 15 is 0 Å². The second kappa shape index (κ2) is 6.79. The molecule has 4 heteroatoms. The number of benzene rings is 2. The highest BCUT2D eigenvalue weighted by Crippen LogP contribution is 2.33. The minimum atomic E-state index is -0.141. The van der Waals surface area contributed by atoms with E-state index in [2.05, 4.69) is 5.32 Å². The first-order valence-electron chi connectivity index (χ1n) is 8.15. The fourth-order valence-corrected chi connectivity index (χ4v) is 2.64. The lowest BCUT2D eigenvalue weighted by atomic mass is 10.1. The number of anilines is 1. The van der Waals surface area contributed by atoms with E-state index in [1.54, 1.807) is 24.3 Å². The second-order valence-electron chi connectivity index (χ2n) is 5.89. The standard InChI is InChI=1S/C20H21NO3/c1-4-23-15-11-9-14(10-12-15)19(22)20-18(21-13(2)3)16-7-5-6-8-17(16)24-20/h5-13,21H,4H2,1-3H3. The molecule has 1 N–H and O–H groups in total. The monoisotopic (exact) mass is 323 g/mol. The SMILES string of the molecule is CCOc1ccc(C(=O)c2oc3ccccc3c2NC(C)C)cc1. The number of hydrogen-bond donors (Lipinski definition) is 1. The Bertz CT molecular complexity index is 847. The minimum Gasteiger partial charge on any atom is -0.494 e. The molecule has 0 aliphatic heterocycles. The van der Waals surface area contributed by atoms with Gasteiger partial charge in [0.25, 0.3) is 0 Å². The summed E-state index contributed by atoms with van der Waals surface area (Å²) in [6.45, 7) is 6.59. The third-order valence-electron chi connectivity index (χ3n) is 3.66. The number of carbonyl (C=O) groups excluding carboxylic acids is 1. The van der Waals surface area contributed by atoms with Gasteiger partial charge in [0.2, 0.25) is 5.78 Å². The minimum absolute atomic E-state index is 0.141. The van der Waals surface area contributed by atoms with E-state index in [0.717, 1.165) is 16.8 Å². The molecule has 0 saturated heterocycles. The predicted octanol–water partition coefficient (Wildman–Crippen LogP) is 4.88. The van der Waals surface area contributed by atoms with E-state index in [4.69, 9.17) is 9.15 Å². The van der Waals surface area contributed by atoms with Gasteiger partial charge in [-0.1, -0.05) is 12.1 Å². The zero-order valence-corrected chi connectivity index (χ0v) is 14.1. The van der Waals surface area contributed by atoms with Gasteiger partial charge in [0.05, 0.1) is 12.3 Å². The van der Waals surface area contributed by atoms with Crippen LogP contribution in [0.1, 0.15) is 36.9 Å². The van der Waals surface area contributed by atoms with E-state index in [1.165, 1.54) is 0 Å². The summed E-state index contributed by atoms with van der Waals surface area (Å²) in [5.41, 5.74) is 2.03. The van der Waals surface area contributed by atoms with Crippen LogP contribution in [0.4, 0.5) is 5.69 Å². The van der Waals surface area contributed by atoms with Crippen LogP contribution in [-0.4, -0.2) is 18.4 Å². The van der Waals surface area contributed by atoms with Crippen LogP contribution in [0.3, 0.4) is 0 Å². The van der Waals surface area contributed by atoms with Crippen LogP contribution < -0.4 is 10.1 Å². The molecule has 0 saturated carbocycles. The van der Waals surface area contributed by atoms with Crippen LogP contribution in [0.5, 0.6) is 5.75 Å². The van der Waals surface area contributed by atoms with Crippen molar-refractivity contribution in [1.82, 2.24) is 0 Å².